The summed E-state index contributed by atoms with van der Waals surface area (Å²) in [4.78, 5) is 27.5. The van der Waals surface area contributed by atoms with E-state index < -0.39 is 23.5 Å². The molecule has 1 saturated heterocycles. The van der Waals surface area contributed by atoms with Crippen LogP contribution in [0, 0.1) is 0 Å². The molecule has 2 aromatic rings. The molecule has 1 atom stereocenters. The van der Waals surface area contributed by atoms with E-state index in [1.165, 1.54) is 25.2 Å². The second-order valence-electron chi connectivity index (χ2n) is 8.01. The third-order valence-corrected chi connectivity index (χ3v) is 5.99. The number of ketones is 1. The molecule has 0 radical (unpaired) electrons. The van der Waals surface area contributed by atoms with E-state index in [1.54, 1.807) is 24.3 Å². The molecule has 1 N–H and O–H groups in total. The lowest BCUT2D eigenvalue weighted by Crippen LogP contribution is -2.30. The van der Waals surface area contributed by atoms with Crippen LogP contribution in [0.2, 0.25) is 10.0 Å². The van der Waals surface area contributed by atoms with Crippen molar-refractivity contribution >= 4 is 40.7 Å². The summed E-state index contributed by atoms with van der Waals surface area (Å²) in [5.41, 5.74) is 0.652. The van der Waals surface area contributed by atoms with Crippen LogP contribution in [0.1, 0.15) is 44.4 Å². The Hall–Kier alpha value is -2.90. The topological polar surface area (TPSA) is 85.3 Å². The largest absolute Gasteiger partial charge is 0.507 e. The Morgan fingerprint density at radius 2 is 1.71 bits per heavy atom. The number of methoxy groups -OCH3 is 2. The minimum atomic E-state index is -0.808. The monoisotopic (exact) mass is 507 g/mol. The molecule has 7 nitrogen and oxygen atoms in total. The highest BCUT2D eigenvalue weighted by Gasteiger charge is 2.46. The molecule has 1 fully saturated rings. The molecule has 1 amide bonds. The van der Waals surface area contributed by atoms with E-state index in [2.05, 4.69) is 0 Å². The maximum absolute atomic E-state index is 13.1. The number of likely N-dealkylation sites (tertiary alicyclic amines) is 1. The van der Waals surface area contributed by atoms with E-state index in [0.29, 0.717) is 24.3 Å². The molecule has 182 valence electrons. The number of hydrogen-bond acceptors (Lipinski definition) is 6. The Labute approximate surface area is 208 Å². The predicted octanol–water partition coefficient (Wildman–Crippen LogP) is 5.63. The van der Waals surface area contributed by atoms with Gasteiger partial charge in [0.05, 0.1) is 42.5 Å². The fraction of sp³-hybridized carbons (Fsp3) is 0.360. The molecule has 2 aromatic carbocycles. The second-order valence-corrected chi connectivity index (χ2v) is 8.80. The first kappa shape index (κ1) is 25.7. The summed E-state index contributed by atoms with van der Waals surface area (Å²) < 4.78 is 16.3. The van der Waals surface area contributed by atoms with Crippen LogP contribution in [-0.4, -0.2) is 48.6 Å². The molecular weight excluding hydrogens is 481 g/mol. The fourth-order valence-corrected chi connectivity index (χ4v) is 4.68. The Bertz CT molecular complexity index is 1130. The van der Waals surface area contributed by atoms with E-state index in [-0.39, 0.29) is 38.8 Å². The first-order valence-corrected chi connectivity index (χ1v) is 11.6. The van der Waals surface area contributed by atoms with E-state index in [4.69, 9.17) is 37.4 Å². The van der Waals surface area contributed by atoms with Crippen molar-refractivity contribution in [2.45, 2.75) is 39.3 Å². The molecule has 1 heterocycles. The average Bonchev–Trinajstić information content (AvgIpc) is 3.04. The van der Waals surface area contributed by atoms with Crippen molar-refractivity contribution in [1.82, 2.24) is 4.90 Å². The zero-order chi connectivity index (χ0) is 25.2. The first-order chi connectivity index (χ1) is 16.2. The van der Waals surface area contributed by atoms with Crippen molar-refractivity contribution in [3.8, 4) is 17.2 Å². The van der Waals surface area contributed by atoms with Gasteiger partial charge < -0.3 is 24.2 Å². The van der Waals surface area contributed by atoms with Crippen molar-refractivity contribution in [3.05, 3.63) is 57.1 Å². The standard InChI is InChI=1S/C25H27Cl2NO6/c1-6-11-28-20(14-7-9-15(10-8-14)34-13(2)3)18(22(30)25(28)31)21(29)16-12-17(26)24(33-5)19(27)23(16)32-4/h7-10,12-13,20,29H,6,11H2,1-5H3/b21-18+. The highest BCUT2D eigenvalue weighted by Crippen LogP contribution is 2.47. The molecule has 34 heavy (non-hydrogen) atoms. The summed E-state index contributed by atoms with van der Waals surface area (Å²) in [6.45, 7) is 6.07. The van der Waals surface area contributed by atoms with Gasteiger partial charge in [0.2, 0.25) is 0 Å². The van der Waals surface area contributed by atoms with Crippen LogP contribution in [0.25, 0.3) is 5.76 Å². The van der Waals surface area contributed by atoms with Gasteiger partial charge in [-0.25, -0.2) is 0 Å². The van der Waals surface area contributed by atoms with Gasteiger partial charge in [-0.3, -0.25) is 9.59 Å². The summed E-state index contributed by atoms with van der Waals surface area (Å²) in [7, 11) is 2.76. The van der Waals surface area contributed by atoms with Crippen molar-refractivity contribution < 1.29 is 28.9 Å². The zero-order valence-corrected chi connectivity index (χ0v) is 21.2. The molecular formula is C25H27Cl2NO6. The third kappa shape index (κ3) is 4.68. The van der Waals surface area contributed by atoms with Crippen molar-refractivity contribution in [2.24, 2.45) is 0 Å². The highest BCUT2D eigenvalue weighted by molar-refractivity contribution is 6.47. The predicted molar refractivity (Wildman–Crippen MR) is 131 cm³/mol. The van der Waals surface area contributed by atoms with Gasteiger partial charge in [0.15, 0.2) is 11.5 Å². The summed E-state index contributed by atoms with van der Waals surface area (Å²) in [6, 6.07) is 7.67. The lowest BCUT2D eigenvalue weighted by Gasteiger charge is -2.25. The molecule has 1 unspecified atom stereocenters. The maximum atomic E-state index is 13.1. The summed E-state index contributed by atoms with van der Waals surface area (Å²) >= 11 is 12.7. The number of halogens is 2. The van der Waals surface area contributed by atoms with Crippen molar-refractivity contribution in [1.29, 1.82) is 0 Å². The Morgan fingerprint density at radius 1 is 1.09 bits per heavy atom. The van der Waals surface area contributed by atoms with Gasteiger partial charge in [0, 0.05) is 6.54 Å². The van der Waals surface area contributed by atoms with E-state index in [1.807, 2.05) is 20.8 Å². The van der Waals surface area contributed by atoms with Gasteiger partial charge in [-0.05, 0) is 44.0 Å². The van der Waals surface area contributed by atoms with Crippen LogP contribution >= 0.6 is 23.2 Å². The summed E-state index contributed by atoms with van der Waals surface area (Å²) in [5, 5.41) is 11.5. The van der Waals surface area contributed by atoms with Crippen LogP contribution in [0.3, 0.4) is 0 Å². The number of carbonyl (C=O) groups is 2. The van der Waals surface area contributed by atoms with Crippen LogP contribution in [0.15, 0.2) is 35.9 Å². The number of benzene rings is 2. The fourth-order valence-electron chi connectivity index (χ4n) is 3.99. The van der Waals surface area contributed by atoms with Gasteiger partial charge in [-0.2, -0.15) is 0 Å². The number of Topliss-reactive ketones (excluding diaryl/α,β-unsaturated/α-hetero) is 1. The van der Waals surface area contributed by atoms with Gasteiger partial charge >= 0.3 is 0 Å². The molecule has 0 bridgehead atoms. The molecule has 0 aromatic heterocycles. The highest BCUT2D eigenvalue weighted by atomic mass is 35.5. The van der Waals surface area contributed by atoms with Crippen LogP contribution < -0.4 is 14.2 Å². The molecule has 1 aliphatic rings. The van der Waals surface area contributed by atoms with Crippen molar-refractivity contribution in [2.75, 3.05) is 20.8 Å². The van der Waals surface area contributed by atoms with Gasteiger partial charge in [0.1, 0.15) is 16.5 Å². The third-order valence-electron chi connectivity index (χ3n) is 5.37. The Kier molecular flexibility index (Phi) is 8.00. The molecule has 9 heteroatoms. The number of ether oxygens (including phenoxy) is 3. The van der Waals surface area contributed by atoms with Crippen LogP contribution in [0.4, 0.5) is 0 Å². The van der Waals surface area contributed by atoms with Crippen LogP contribution in [-0.2, 0) is 9.59 Å². The quantitative estimate of drug-likeness (QED) is 0.283. The minimum Gasteiger partial charge on any atom is -0.507 e. The Balaban J connectivity index is 2.23. The lowest BCUT2D eigenvalue weighted by molar-refractivity contribution is -0.139. The SMILES string of the molecule is CCCN1C(=O)C(=O)/C(=C(/O)c2cc(Cl)c(OC)c(Cl)c2OC)C1c1ccc(OC(C)C)cc1. The normalized spacial score (nSPS) is 17.4. The molecule has 0 saturated carbocycles. The number of amides is 1. The van der Waals surface area contributed by atoms with Gasteiger partial charge in [0.25, 0.3) is 11.7 Å². The van der Waals surface area contributed by atoms with E-state index in [9.17, 15) is 14.7 Å². The van der Waals surface area contributed by atoms with Crippen molar-refractivity contribution in [3.63, 3.8) is 0 Å². The first-order valence-electron chi connectivity index (χ1n) is 10.8. The maximum Gasteiger partial charge on any atom is 0.295 e. The van der Waals surface area contributed by atoms with E-state index in [0.717, 1.165) is 0 Å². The van der Waals surface area contributed by atoms with E-state index >= 15 is 0 Å². The molecule has 1 aliphatic heterocycles. The van der Waals surface area contributed by atoms with Gasteiger partial charge in [-0.1, -0.05) is 42.3 Å². The molecule has 3 rings (SSSR count). The number of hydrogen-bond donors (Lipinski definition) is 1. The zero-order valence-electron chi connectivity index (χ0n) is 19.6. The number of aliphatic hydroxyl groups is 1. The van der Waals surface area contributed by atoms with Gasteiger partial charge in [-0.15, -0.1) is 0 Å². The number of nitrogens with zero attached hydrogens (tertiary/aromatic N) is 1. The lowest BCUT2D eigenvalue weighted by atomic mass is 9.94. The second kappa shape index (κ2) is 10.6. The summed E-state index contributed by atoms with van der Waals surface area (Å²) in [6.07, 6.45) is 0.621. The molecule has 0 aliphatic carbocycles. The minimum absolute atomic E-state index is 0.00592. The number of rotatable bonds is 8. The smallest absolute Gasteiger partial charge is 0.295 e. The number of carbonyl (C=O) groups excluding carboxylic acids is 2. The number of aliphatic hydroxyl groups excluding tert-OH is 1. The average molecular weight is 508 g/mol. The summed E-state index contributed by atoms with van der Waals surface area (Å²) in [5.74, 6) is -1.04. The molecule has 0 spiro atoms. The Morgan fingerprint density at radius 3 is 2.24 bits per heavy atom. The van der Waals surface area contributed by atoms with Crippen LogP contribution in [0.5, 0.6) is 17.2 Å².